The molecule has 0 radical (unpaired) electrons. The number of carbonyl (C=O) groups is 2. The maximum Gasteiger partial charge on any atom is 0.411 e. The molecule has 29 heavy (non-hydrogen) atoms. The first kappa shape index (κ1) is 24.3. The molecular weight excluding hydrogens is 368 g/mol. The normalized spacial score (nSPS) is 13.0. The van der Waals surface area contributed by atoms with Crippen LogP contribution in [0.4, 0.5) is 10.5 Å². The highest BCUT2D eigenvalue weighted by molar-refractivity contribution is 5.97. The van der Waals surface area contributed by atoms with Gasteiger partial charge in [-0.2, -0.15) is 0 Å². The Labute approximate surface area is 174 Å². The zero-order valence-corrected chi connectivity index (χ0v) is 18.2. The van der Waals surface area contributed by atoms with Crippen molar-refractivity contribution in [3.05, 3.63) is 49.6 Å². The molecule has 6 nitrogen and oxygen atoms in total. The molecule has 2 amide bonds. The fourth-order valence-corrected chi connectivity index (χ4v) is 2.72. The van der Waals surface area contributed by atoms with E-state index in [0.29, 0.717) is 24.3 Å². The summed E-state index contributed by atoms with van der Waals surface area (Å²) in [5.74, 6) is 0.255. The fourth-order valence-electron chi connectivity index (χ4n) is 2.72. The molecule has 0 bridgehead atoms. The van der Waals surface area contributed by atoms with Crippen LogP contribution in [0.15, 0.2) is 49.6 Å². The fraction of sp³-hybridized carbons (Fsp3) is 0.478. The summed E-state index contributed by atoms with van der Waals surface area (Å²) in [5, 5.41) is 2.89. The van der Waals surface area contributed by atoms with Gasteiger partial charge < -0.3 is 14.8 Å². The van der Waals surface area contributed by atoms with E-state index in [-0.39, 0.29) is 18.6 Å². The SMILES string of the molecule is C=CCC(C)Oc1ccccc1NC(=O)[C@H](CC)N(CC=C)C(=O)OC(C)(C)C. The Bertz CT molecular complexity index is 709. The van der Waals surface area contributed by atoms with Gasteiger partial charge in [0.1, 0.15) is 17.4 Å². The minimum Gasteiger partial charge on any atom is -0.488 e. The van der Waals surface area contributed by atoms with Crippen molar-refractivity contribution < 1.29 is 19.1 Å². The third-order valence-corrected chi connectivity index (χ3v) is 3.99. The molecule has 0 aliphatic heterocycles. The van der Waals surface area contributed by atoms with Crippen molar-refractivity contribution in [1.82, 2.24) is 4.90 Å². The Balaban J connectivity index is 3.03. The minimum atomic E-state index is -0.707. The van der Waals surface area contributed by atoms with Crippen LogP contribution in [-0.4, -0.2) is 41.2 Å². The monoisotopic (exact) mass is 402 g/mol. The van der Waals surface area contributed by atoms with E-state index in [2.05, 4.69) is 18.5 Å². The van der Waals surface area contributed by atoms with Crippen molar-refractivity contribution in [3.63, 3.8) is 0 Å². The molecule has 2 atom stereocenters. The van der Waals surface area contributed by atoms with E-state index in [1.54, 1.807) is 45.1 Å². The number of nitrogens with one attached hydrogen (secondary N) is 1. The van der Waals surface area contributed by atoms with Gasteiger partial charge in [-0.05, 0) is 46.2 Å². The molecule has 6 heteroatoms. The molecule has 1 N–H and O–H groups in total. The Kier molecular flexibility index (Phi) is 9.45. The second kappa shape index (κ2) is 11.3. The number of para-hydroxylation sites is 2. The van der Waals surface area contributed by atoms with Crippen molar-refractivity contribution in [2.75, 3.05) is 11.9 Å². The number of carbonyl (C=O) groups excluding carboxylic acids is 2. The number of anilines is 1. The largest absolute Gasteiger partial charge is 0.488 e. The summed E-state index contributed by atoms with van der Waals surface area (Å²) in [7, 11) is 0. The Morgan fingerprint density at radius 2 is 1.86 bits per heavy atom. The summed E-state index contributed by atoms with van der Waals surface area (Å²) in [4.78, 5) is 27.0. The standard InChI is InChI=1S/C23H34N2O4/c1-8-13-17(4)28-20-15-12-11-14-18(20)24-21(26)19(10-3)25(16-9-2)22(27)29-23(5,6)7/h8-9,11-12,14-15,17,19H,1-2,10,13,16H2,3-7H3,(H,24,26)/t17?,19-/m0/s1. The maximum atomic E-state index is 13.0. The predicted octanol–water partition coefficient (Wildman–Crippen LogP) is 5.17. The van der Waals surface area contributed by atoms with Crippen molar-refractivity contribution >= 4 is 17.7 Å². The Morgan fingerprint density at radius 1 is 1.21 bits per heavy atom. The van der Waals surface area contributed by atoms with Crippen molar-refractivity contribution in [2.24, 2.45) is 0 Å². The first-order valence-corrected chi connectivity index (χ1v) is 9.90. The summed E-state index contributed by atoms with van der Waals surface area (Å²) >= 11 is 0. The number of rotatable bonds is 10. The predicted molar refractivity (Wildman–Crippen MR) is 117 cm³/mol. The number of ether oxygens (including phenoxy) is 2. The average Bonchev–Trinajstić information content (AvgIpc) is 2.62. The van der Waals surface area contributed by atoms with Crippen LogP contribution in [0, 0.1) is 0 Å². The third kappa shape index (κ3) is 8.02. The summed E-state index contributed by atoms with van der Waals surface area (Å²) in [6.45, 7) is 16.8. The molecule has 160 valence electrons. The van der Waals surface area contributed by atoms with E-state index < -0.39 is 17.7 Å². The van der Waals surface area contributed by atoms with Crippen LogP contribution in [0.25, 0.3) is 0 Å². The third-order valence-electron chi connectivity index (χ3n) is 3.99. The van der Waals surface area contributed by atoms with Crippen LogP contribution in [0.2, 0.25) is 0 Å². The first-order valence-electron chi connectivity index (χ1n) is 9.90. The van der Waals surface area contributed by atoms with E-state index in [9.17, 15) is 9.59 Å². The van der Waals surface area contributed by atoms with E-state index in [0.717, 1.165) is 0 Å². The van der Waals surface area contributed by atoms with E-state index >= 15 is 0 Å². The van der Waals surface area contributed by atoms with Gasteiger partial charge >= 0.3 is 6.09 Å². The van der Waals surface area contributed by atoms with Gasteiger partial charge in [-0.15, -0.1) is 13.2 Å². The highest BCUT2D eigenvalue weighted by atomic mass is 16.6. The second-order valence-electron chi connectivity index (χ2n) is 7.78. The molecule has 0 fully saturated rings. The van der Waals surface area contributed by atoms with Gasteiger partial charge in [0, 0.05) is 13.0 Å². The maximum absolute atomic E-state index is 13.0. The molecule has 0 heterocycles. The molecule has 1 aromatic carbocycles. The van der Waals surface area contributed by atoms with Crippen molar-refractivity contribution in [1.29, 1.82) is 0 Å². The van der Waals surface area contributed by atoms with Gasteiger partial charge in [0.25, 0.3) is 0 Å². The zero-order valence-electron chi connectivity index (χ0n) is 18.2. The number of nitrogens with zero attached hydrogens (tertiary/aromatic N) is 1. The number of amides is 2. The van der Waals surface area contributed by atoms with Crippen LogP contribution >= 0.6 is 0 Å². The van der Waals surface area contributed by atoms with Crippen LogP contribution < -0.4 is 10.1 Å². The quantitative estimate of drug-likeness (QED) is 0.548. The Hall–Kier alpha value is -2.76. The lowest BCUT2D eigenvalue weighted by atomic mass is 10.1. The molecule has 0 saturated heterocycles. The van der Waals surface area contributed by atoms with Crippen LogP contribution in [0.3, 0.4) is 0 Å². The summed E-state index contributed by atoms with van der Waals surface area (Å²) in [5.41, 5.74) is -0.109. The topological polar surface area (TPSA) is 67.9 Å². The number of benzene rings is 1. The first-order chi connectivity index (χ1) is 13.6. The molecule has 1 unspecified atom stereocenters. The van der Waals surface area contributed by atoms with Gasteiger partial charge in [-0.25, -0.2) is 4.79 Å². The van der Waals surface area contributed by atoms with Gasteiger partial charge in [-0.1, -0.05) is 31.2 Å². The van der Waals surface area contributed by atoms with Crippen molar-refractivity contribution in [2.45, 2.75) is 65.2 Å². The number of hydrogen-bond donors (Lipinski definition) is 1. The molecule has 0 saturated carbocycles. The number of hydrogen-bond acceptors (Lipinski definition) is 4. The molecular formula is C23H34N2O4. The van der Waals surface area contributed by atoms with E-state index in [1.165, 1.54) is 4.90 Å². The lowest BCUT2D eigenvalue weighted by Crippen LogP contribution is -2.49. The van der Waals surface area contributed by atoms with Crippen LogP contribution in [-0.2, 0) is 9.53 Å². The summed E-state index contributed by atoms with van der Waals surface area (Å²) in [6.07, 6.45) is 3.84. The van der Waals surface area contributed by atoms with Gasteiger partial charge in [0.05, 0.1) is 11.8 Å². The smallest absolute Gasteiger partial charge is 0.411 e. The van der Waals surface area contributed by atoms with Gasteiger partial charge in [-0.3, -0.25) is 9.69 Å². The summed E-state index contributed by atoms with van der Waals surface area (Å²) in [6, 6.07) is 6.52. The zero-order chi connectivity index (χ0) is 22.0. The molecule has 0 aromatic heterocycles. The minimum absolute atomic E-state index is 0.0773. The average molecular weight is 403 g/mol. The highest BCUT2D eigenvalue weighted by Gasteiger charge is 2.31. The molecule has 0 spiro atoms. The molecule has 1 aromatic rings. The lowest BCUT2D eigenvalue weighted by molar-refractivity contribution is -0.121. The lowest BCUT2D eigenvalue weighted by Gasteiger charge is -2.31. The van der Waals surface area contributed by atoms with E-state index in [4.69, 9.17) is 9.47 Å². The molecule has 1 rings (SSSR count). The van der Waals surface area contributed by atoms with E-state index in [1.807, 2.05) is 26.0 Å². The van der Waals surface area contributed by atoms with Gasteiger partial charge in [0.15, 0.2) is 0 Å². The van der Waals surface area contributed by atoms with Gasteiger partial charge in [0.2, 0.25) is 5.91 Å². The second-order valence-corrected chi connectivity index (χ2v) is 7.78. The molecule has 0 aliphatic rings. The highest BCUT2D eigenvalue weighted by Crippen LogP contribution is 2.26. The Morgan fingerprint density at radius 3 is 2.41 bits per heavy atom. The van der Waals surface area contributed by atoms with Crippen LogP contribution in [0.1, 0.15) is 47.5 Å². The molecule has 0 aliphatic carbocycles. The summed E-state index contributed by atoms with van der Waals surface area (Å²) < 4.78 is 11.4. The van der Waals surface area contributed by atoms with Crippen molar-refractivity contribution in [3.8, 4) is 5.75 Å². The van der Waals surface area contributed by atoms with Crippen LogP contribution in [0.5, 0.6) is 5.75 Å².